The maximum atomic E-state index is 4.71. The molecular formula is C41H35IrN3-2. The Morgan fingerprint density at radius 3 is 1.96 bits per heavy atom. The van der Waals surface area contributed by atoms with Gasteiger partial charge < -0.3 is 0 Å². The molecule has 0 atom stereocenters. The molecule has 0 bridgehead atoms. The second-order valence-corrected chi connectivity index (χ2v) is 12.0. The second kappa shape index (κ2) is 14.4. The van der Waals surface area contributed by atoms with Gasteiger partial charge in [0.2, 0.25) is 0 Å². The van der Waals surface area contributed by atoms with E-state index < -0.39 is 0 Å². The van der Waals surface area contributed by atoms with Gasteiger partial charge in [0, 0.05) is 25.7 Å². The summed E-state index contributed by atoms with van der Waals surface area (Å²) in [6.45, 7) is 6.80. The third kappa shape index (κ3) is 7.91. The van der Waals surface area contributed by atoms with E-state index in [2.05, 4.69) is 105 Å². The monoisotopic (exact) mass is 762 g/mol. The van der Waals surface area contributed by atoms with Crippen molar-refractivity contribution in [3.63, 3.8) is 0 Å². The SMILES string of the molecule is CC(C)(C)Cc1c(-c2ccc(-c3ccccc3)cc2)cnn1-c1[c-]cccc1.[Ir].[c-]1ccccc1-c1ccc2ccccc2n1. The van der Waals surface area contributed by atoms with Gasteiger partial charge in [0.1, 0.15) is 0 Å². The van der Waals surface area contributed by atoms with E-state index in [0.29, 0.717) is 0 Å². The predicted octanol–water partition coefficient (Wildman–Crippen LogP) is 10.3. The van der Waals surface area contributed by atoms with Gasteiger partial charge in [0.15, 0.2) is 0 Å². The summed E-state index contributed by atoms with van der Waals surface area (Å²) < 4.78 is 2.03. The summed E-state index contributed by atoms with van der Waals surface area (Å²) in [6, 6.07) is 53.9. The molecule has 0 aliphatic carbocycles. The number of rotatable bonds is 5. The summed E-state index contributed by atoms with van der Waals surface area (Å²) in [5.74, 6) is 0. The van der Waals surface area contributed by atoms with Crippen molar-refractivity contribution in [1.82, 2.24) is 14.8 Å². The van der Waals surface area contributed by atoms with Crippen molar-refractivity contribution < 1.29 is 20.1 Å². The van der Waals surface area contributed by atoms with Crippen LogP contribution < -0.4 is 0 Å². The van der Waals surface area contributed by atoms with Crippen LogP contribution in [0, 0.1) is 17.5 Å². The summed E-state index contributed by atoms with van der Waals surface area (Å²) in [4.78, 5) is 4.61. The molecule has 2 aromatic heterocycles. The van der Waals surface area contributed by atoms with E-state index in [1.807, 2.05) is 83.7 Å². The van der Waals surface area contributed by atoms with Crippen molar-refractivity contribution in [3.05, 3.63) is 164 Å². The number of pyridine rings is 1. The largest absolute Gasteiger partial charge is 0.296 e. The van der Waals surface area contributed by atoms with Crippen molar-refractivity contribution in [2.75, 3.05) is 0 Å². The number of benzene rings is 5. The molecule has 4 heteroatoms. The number of fused-ring (bicyclic) bond motifs is 1. The van der Waals surface area contributed by atoms with Crippen molar-refractivity contribution >= 4 is 10.9 Å². The van der Waals surface area contributed by atoms with Crippen LogP contribution in [0.15, 0.2) is 146 Å². The van der Waals surface area contributed by atoms with Crippen LogP contribution in [0.4, 0.5) is 0 Å². The van der Waals surface area contributed by atoms with Gasteiger partial charge >= 0.3 is 0 Å². The molecule has 7 aromatic rings. The van der Waals surface area contributed by atoms with Gasteiger partial charge in [-0.3, -0.25) is 9.67 Å². The summed E-state index contributed by atoms with van der Waals surface area (Å²) in [5.41, 5.74) is 10.2. The van der Waals surface area contributed by atoms with Crippen molar-refractivity contribution in [1.29, 1.82) is 0 Å². The Balaban J connectivity index is 0.000000200. The Kier molecular flexibility index (Phi) is 10.2. The molecule has 0 aliphatic heterocycles. The van der Waals surface area contributed by atoms with Crippen molar-refractivity contribution in [3.8, 4) is 39.2 Å². The zero-order valence-electron chi connectivity index (χ0n) is 25.7. The minimum Gasteiger partial charge on any atom is -0.296 e. The summed E-state index contributed by atoms with van der Waals surface area (Å²) >= 11 is 0. The van der Waals surface area contributed by atoms with Gasteiger partial charge in [0.05, 0.1) is 17.4 Å². The molecule has 45 heavy (non-hydrogen) atoms. The standard InChI is InChI=1S/C26H25N2.C15H10N.Ir/c1-26(2,3)18-25-24(19-27-28(25)23-12-8-5-9-13-23)22-16-14-21(15-17-22)20-10-6-4-7-11-20;1-2-6-12(7-3-1)15-11-10-13-8-4-5-9-14(13)16-15;/h4-12,14-17,19H,18H2,1-3H3;1-6,8-11H;/q2*-1;. The second-order valence-electron chi connectivity index (χ2n) is 12.0. The summed E-state index contributed by atoms with van der Waals surface area (Å²) in [5, 5.41) is 5.88. The fourth-order valence-corrected chi connectivity index (χ4v) is 5.25. The van der Waals surface area contributed by atoms with Gasteiger partial charge in [-0.15, -0.1) is 42.0 Å². The maximum absolute atomic E-state index is 4.71. The summed E-state index contributed by atoms with van der Waals surface area (Å²) in [7, 11) is 0. The Labute approximate surface area is 280 Å². The molecule has 0 aliphatic rings. The Hall–Kier alpha value is -4.63. The van der Waals surface area contributed by atoms with Crippen LogP contribution in [-0.2, 0) is 26.5 Å². The molecule has 0 fully saturated rings. The first-order valence-corrected chi connectivity index (χ1v) is 15.0. The minimum atomic E-state index is 0. The van der Waals surface area contributed by atoms with E-state index in [1.54, 1.807) is 0 Å². The maximum Gasteiger partial charge on any atom is 0.0595 e. The Morgan fingerprint density at radius 1 is 0.622 bits per heavy atom. The normalized spacial score (nSPS) is 10.9. The van der Waals surface area contributed by atoms with Crippen LogP contribution in [0.1, 0.15) is 26.5 Å². The zero-order chi connectivity index (χ0) is 30.4. The van der Waals surface area contributed by atoms with E-state index in [4.69, 9.17) is 5.10 Å². The molecule has 2 heterocycles. The molecule has 0 N–H and O–H groups in total. The molecule has 0 spiro atoms. The Morgan fingerprint density at radius 2 is 1.27 bits per heavy atom. The first-order chi connectivity index (χ1) is 21.4. The number of hydrogen-bond donors (Lipinski definition) is 0. The third-order valence-corrected chi connectivity index (χ3v) is 7.37. The number of nitrogens with zero attached hydrogens (tertiary/aromatic N) is 3. The van der Waals surface area contributed by atoms with E-state index in [0.717, 1.165) is 28.9 Å². The van der Waals surface area contributed by atoms with Crippen LogP contribution in [0.5, 0.6) is 0 Å². The molecule has 0 unspecified atom stereocenters. The van der Waals surface area contributed by atoms with Crippen LogP contribution in [0.25, 0.3) is 50.1 Å². The first-order valence-electron chi connectivity index (χ1n) is 15.0. The fraction of sp³-hybridized carbons (Fsp3) is 0.122. The molecule has 3 nitrogen and oxygen atoms in total. The van der Waals surface area contributed by atoms with E-state index >= 15 is 0 Å². The van der Waals surface area contributed by atoms with Gasteiger partial charge in [-0.05, 0) is 51.4 Å². The fourth-order valence-electron chi connectivity index (χ4n) is 5.25. The molecule has 225 valence electrons. The van der Waals surface area contributed by atoms with Gasteiger partial charge in [0.25, 0.3) is 0 Å². The number of hydrogen-bond acceptors (Lipinski definition) is 2. The molecular weight excluding hydrogens is 727 g/mol. The predicted molar refractivity (Wildman–Crippen MR) is 182 cm³/mol. The van der Waals surface area contributed by atoms with Crippen LogP contribution in [0.2, 0.25) is 0 Å². The van der Waals surface area contributed by atoms with Crippen LogP contribution in [0.3, 0.4) is 0 Å². The van der Waals surface area contributed by atoms with E-state index in [9.17, 15) is 0 Å². The number of para-hydroxylation sites is 2. The van der Waals surface area contributed by atoms with Crippen molar-refractivity contribution in [2.45, 2.75) is 27.2 Å². The first kappa shape index (κ1) is 31.8. The molecule has 0 saturated carbocycles. The van der Waals surface area contributed by atoms with Gasteiger partial charge in [-0.1, -0.05) is 106 Å². The molecule has 7 rings (SSSR count). The molecule has 0 saturated heterocycles. The van der Waals surface area contributed by atoms with E-state index in [1.165, 1.54) is 33.3 Å². The zero-order valence-corrected chi connectivity index (χ0v) is 28.1. The topological polar surface area (TPSA) is 30.7 Å². The smallest absolute Gasteiger partial charge is 0.0595 e. The van der Waals surface area contributed by atoms with Gasteiger partial charge in [-0.25, -0.2) is 0 Å². The van der Waals surface area contributed by atoms with Crippen LogP contribution >= 0.6 is 0 Å². The average molecular weight is 762 g/mol. The Bertz CT molecular complexity index is 1940. The van der Waals surface area contributed by atoms with E-state index in [-0.39, 0.29) is 25.5 Å². The van der Waals surface area contributed by atoms with Crippen LogP contribution in [-0.4, -0.2) is 14.8 Å². The quantitative estimate of drug-likeness (QED) is 0.164. The molecule has 5 aromatic carbocycles. The molecule has 0 amide bonds. The van der Waals surface area contributed by atoms with Crippen molar-refractivity contribution in [2.24, 2.45) is 5.41 Å². The molecule has 1 radical (unpaired) electrons. The number of aromatic nitrogens is 3. The summed E-state index contributed by atoms with van der Waals surface area (Å²) in [6.07, 6.45) is 2.92. The third-order valence-electron chi connectivity index (χ3n) is 7.37. The minimum absolute atomic E-state index is 0. The van der Waals surface area contributed by atoms with Gasteiger partial charge in [-0.2, -0.15) is 29.4 Å². The average Bonchev–Trinajstić information content (AvgIpc) is 3.48.